The lowest BCUT2D eigenvalue weighted by Gasteiger charge is -2.26. The summed E-state index contributed by atoms with van der Waals surface area (Å²) in [6.45, 7) is 19.1. The van der Waals surface area contributed by atoms with Gasteiger partial charge in [-0.15, -0.1) is 0 Å². The minimum absolute atomic E-state index is 0.770. The quantitative estimate of drug-likeness (QED) is 0.629. The van der Waals surface area contributed by atoms with Gasteiger partial charge in [-0.2, -0.15) is 0 Å². The van der Waals surface area contributed by atoms with Gasteiger partial charge in [0.05, 0.1) is 0 Å². The van der Waals surface area contributed by atoms with E-state index in [4.69, 9.17) is 0 Å². The van der Waals surface area contributed by atoms with E-state index in [0.29, 0.717) is 0 Å². The van der Waals surface area contributed by atoms with Crippen LogP contribution in [0.1, 0.15) is 34.1 Å². The van der Waals surface area contributed by atoms with Gasteiger partial charge in [-0.1, -0.05) is 53.4 Å². The summed E-state index contributed by atoms with van der Waals surface area (Å²) in [5.74, 6) is 2.50. The Kier molecular flexibility index (Phi) is 7.58. The van der Waals surface area contributed by atoms with E-state index < -0.39 is 8.07 Å². The Bertz CT molecular complexity index is 170. The highest BCUT2D eigenvalue weighted by atomic mass is 28.3. The maximum absolute atomic E-state index is 3.64. The van der Waals surface area contributed by atoms with E-state index in [2.05, 4.69) is 52.7 Å². The average molecular weight is 244 g/mol. The molecule has 1 N–H and O–H groups in total. The molecule has 0 saturated carbocycles. The van der Waals surface area contributed by atoms with Crippen LogP contribution in [0.5, 0.6) is 0 Å². The van der Waals surface area contributed by atoms with Crippen LogP contribution in [0.15, 0.2) is 0 Å². The maximum Gasteiger partial charge on any atom is 0.0445 e. The van der Waals surface area contributed by atoms with Gasteiger partial charge in [0, 0.05) is 8.07 Å². The minimum atomic E-state index is -0.904. The molecule has 0 heterocycles. The Morgan fingerprint density at radius 2 is 1.44 bits per heavy atom. The van der Waals surface area contributed by atoms with Crippen LogP contribution >= 0.6 is 0 Å². The van der Waals surface area contributed by atoms with Gasteiger partial charge in [-0.25, -0.2) is 0 Å². The fourth-order valence-corrected chi connectivity index (χ4v) is 4.39. The van der Waals surface area contributed by atoms with Gasteiger partial charge < -0.3 is 5.32 Å². The molecule has 0 spiro atoms. The molecule has 0 radical (unpaired) electrons. The molecule has 0 bridgehead atoms. The molecule has 0 aliphatic heterocycles. The Labute approximate surface area is 104 Å². The predicted octanol–water partition coefficient (Wildman–Crippen LogP) is 4.23. The Morgan fingerprint density at radius 3 is 1.81 bits per heavy atom. The van der Waals surface area contributed by atoms with Crippen molar-refractivity contribution >= 4 is 8.07 Å². The molecule has 16 heavy (non-hydrogen) atoms. The third-order valence-corrected chi connectivity index (χ3v) is 4.49. The molecule has 0 saturated heterocycles. The van der Waals surface area contributed by atoms with Crippen molar-refractivity contribution in [2.24, 2.45) is 17.8 Å². The van der Waals surface area contributed by atoms with Crippen molar-refractivity contribution in [3.05, 3.63) is 0 Å². The van der Waals surface area contributed by atoms with E-state index in [1.54, 1.807) is 0 Å². The monoisotopic (exact) mass is 243 g/mol. The predicted molar refractivity (Wildman–Crippen MR) is 78.8 cm³/mol. The Morgan fingerprint density at radius 1 is 0.875 bits per heavy atom. The molecule has 0 aromatic rings. The maximum atomic E-state index is 3.64. The zero-order valence-corrected chi connectivity index (χ0v) is 13.6. The van der Waals surface area contributed by atoms with Crippen molar-refractivity contribution in [1.82, 2.24) is 5.32 Å². The molecule has 0 aliphatic carbocycles. The SMILES string of the molecule is CC(C)CNCC(CC(C)C)C[Si](C)(C)C. The first-order chi connectivity index (χ1) is 7.20. The topological polar surface area (TPSA) is 12.0 Å². The molecule has 0 aromatic heterocycles. The first kappa shape index (κ1) is 16.2. The summed E-state index contributed by atoms with van der Waals surface area (Å²) in [5.41, 5.74) is 0. The fourth-order valence-electron chi connectivity index (χ4n) is 2.35. The summed E-state index contributed by atoms with van der Waals surface area (Å²) in [7, 11) is -0.904. The van der Waals surface area contributed by atoms with E-state index in [1.807, 2.05) is 0 Å². The van der Waals surface area contributed by atoms with Crippen LogP contribution in [-0.2, 0) is 0 Å². The lowest BCUT2D eigenvalue weighted by atomic mass is 9.98. The highest BCUT2D eigenvalue weighted by Crippen LogP contribution is 2.22. The standard InChI is InChI=1S/C14H33NSi/c1-12(2)8-14(11-16(5,6)7)10-15-9-13(3)4/h12-15H,8-11H2,1-7H3. The summed E-state index contributed by atoms with van der Waals surface area (Å²) in [6.07, 6.45) is 1.38. The van der Waals surface area contributed by atoms with Crippen LogP contribution in [0.4, 0.5) is 0 Å². The smallest absolute Gasteiger partial charge is 0.0445 e. The van der Waals surface area contributed by atoms with Gasteiger partial charge in [0.2, 0.25) is 0 Å². The summed E-state index contributed by atoms with van der Waals surface area (Å²) >= 11 is 0. The fraction of sp³-hybridized carbons (Fsp3) is 1.00. The molecule has 98 valence electrons. The van der Waals surface area contributed by atoms with Gasteiger partial charge in [-0.05, 0) is 37.3 Å². The molecule has 2 heteroatoms. The molecule has 1 nitrogen and oxygen atoms in total. The second-order valence-corrected chi connectivity index (χ2v) is 12.8. The number of nitrogens with one attached hydrogen (secondary N) is 1. The van der Waals surface area contributed by atoms with Crippen molar-refractivity contribution in [2.75, 3.05) is 13.1 Å². The largest absolute Gasteiger partial charge is 0.316 e. The number of hydrogen-bond acceptors (Lipinski definition) is 1. The molecule has 0 rings (SSSR count). The lowest BCUT2D eigenvalue weighted by Crippen LogP contribution is -2.32. The van der Waals surface area contributed by atoms with E-state index in [1.165, 1.54) is 25.6 Å². The average Bonchev–Trinajstić information content (AvgIpc) is 1.98. The highest BCUT2D eigenvalue weighted by Gasteiger charge is 2.20. The van der Waals surface area contributed by atoms with Crippen molar-refractivity contribution in [2.45, 2.75) is 59.8 Å². The molecule has 0 aliphatic rings. The van der Waals surface area contributed by atoms with E-state index in [9.17, 15) is 0 Å². The van der Waals surface area contributed by atoms with Crippen LogP contribution in [0, 0.1) is 17.8 Å². The second kappa shape index (κ2) is 7.49. The lowest BCUT2D eigenvalue weighted by molar-refractivity contribution is 0.399. The van der Waals surface area contributed by atoms with Crippen LogP contribution < -0.4 is 5.32 Å². The normalized spacial score (nSPS) is 14.8. The molecule has 1 atom stereocenters. The number of rotatable bonds is 8. The molecular weight excluding hydrogens is 210 g/mol. The van der Waals surface area contributed by atoms with Gasteiger partial charge in [0.25, 0.3) is 0 Å². The van der Waals surface area contributed by atoms with Crippen LogP contribution in [-0.4, -0.2) is 21.2 Å². The van der Waals surface area contributed by atoms with E-state index in [-0.39, 0.29) is 0 Å². The van der Waals surface area contributed by atoms with Crippen LogP contribution in [0.3, 0.4) is 0 Å². The zero-order valence-electron chi connectivity index (χ0n) is 12.6. The van der Waals surface area contributed by atoms with Crippen LogP contribution in [0.2, 0.25) is 25.7 Å². The Balaban J connectivity index is 4.01. The van der Waals surface area contributed by atoms with Crippen molar-refractivity contribution in [3.63, 3.8) is 0 Å². The number of hydrogen-bond donors (Lipinski definition) is 1. The highest BCUT2D eigenvalue weighted by molar-refractivity contribution is 6.76. The van der Waals surface area contributed by atoms with Gasteiger partial charge in [0.1, 0.15) is 0 Å². The molecule has 0 amide bonds. The van der Waals surface area contributed by atoms with E-state index >= 15 is 0 Å². The summed E-state index contributed by atoms with van der Waals surface area (Å²) in [6, 6.07) is 1.47. The summed E-state index contributed by atoms with van der Waals surface area (Å²) in [5, 5.41) is 3.64. The van der Waals surface area contributed by atoms with Crippen molar-refractivity contribution < 1.29 is 0 Å². The second-order valence-electron chi connectivity index (χ2n) is 7.31. The van der Waals surface area contributed by atoms with Gasteiger partial charge in [0.15, 0.2) is 0 Å². The van der Waals surface area contributed by atoms with E-state index in [0.717, 1.165) is 17.8 Å². The molecule has 0 aromatic carbocycles. The Hall–Kier alpha value is 0.177. The molecular formula is C14H33NSi. The molecule has 0 fully saturated rings. The van der Waals surface area contributed by atoms with Gasteiger partial charge >= 0.3 is 0 Å². The first-order valence-corrected chi connectivity index (χ1v) is 10.6. The third kappa shape index (κ3) is 10.7. The minimum Gasteiger partial charge on any atom is -0.316 e. The summed E-state index contributed by atoms with van der Waals surface area (Å²) in [4.78, 5) is 0. The zero-order chi connectivity index (χ0) is 12.8. The van der Waals surface area contributed by atoms with Crippen LogP contribution in [0.25, 0.3) is 0 Å². The molecule has 1 unspecified atom stereocenters. The van der Waals surface area contributed by atoms with Gasteiger partial charge in [-0.3, -0.25) is 0 Å². The summed E-state index contributed by atoms with van der Waals surface area (Å²) < 4.78 is 0. The first-order valence-electron chi connectivity index (χ1n) is 6.91. The van der Waals surface area contributed by atoms with Crippen molar-refractivity contribution in [1.29, 1.82) is 0 Å². The third-order valence-electron chi connectivity index (χ3n) is 2.69. The van der Waals surface area contributed by atoms with Crippen molar-refractivity contribution in [3.8, 4) is 0 Å².